The highest BCUT2D eigenvalue weighted by atomic mass is 16.5. The van der Waals surface area contributed by atoms with Gasteiger partial charge in [0.15, 0.2) is 0 Å². The highest BCUT2D eigenvalue weighted by molar-refractivity contribution is 5.83. The number of carbonyl (C=O) groups excluding carboxylic acids is 2. The van der Waals surface area contributed by atoms with Crippen molar-refractivity contribution in [3.8, 4) is 0 Å². The first-order valence-electron chi connectivity index (χ1n) is 9.18. The summed E-state index contributed by atoms with van der Waals surface area (Å²) in [5.74, 6) is -0.760. The Bertz CT molecular complexity index is 462. The van der Waals surface area contributed by atoms with Crippen LogP contribution in [0.25, 0.3) is 0 Å². The molecule has 10 heteroatoms. The van der Waals surface area contributed by atoms with E-state index < -0.39 is 49.1 Å². The molecule has 0 unspecified atom stereocenters. The van der Waals surface area contributed by atoms with Crippen LogP contribution >= 0.6 is 0 Å². The summed E-state index contributed by atoms with van der Waals surface area (Å²) >= 11 is 0. The summed E-state index contributed by atoms with van der Waals surface area (Å²) in [6, 6.07) is -0.651. The number of hydrogen-bond acceptors (Lipinski definition) is 9. The zero-order valence-corrected chi connectivity index (χ0v) is 15.8. The second-order valence-corrected chi connectivity index (χ2v) is 6.68. The van der Waals surface area contributed by atoms with Crippen molar-refractivity contribution < 1.29 is 39.5 Å². The molecule has 1 rings (SSSR count). The second-order valence-electron chi connectivity index (χ2n) is 6.68. The molecule has 1 aliphatic heterocycles. The maximum absolute atomic E-state index is 11.6. The fourth-order valence-corrected chi connectivity index (χ4v) is 3.02. The molecular weight excluding hydrogens is 360 g/mol. The van der Waals surface area contributed by atoms with Crippen molar-refractivity contribution in [1.29, 1.82) is 0 Å². The summed E-state index contributed by atoms with van der Waals surface area (Å²) in [7, 11) is 1.28. The van der Waals surface area contributed by atoms with E-state index in [2.05, 4.69) is 15.4 Å². The number of nitrogens with one attached hydrogen (secondary N) is 2. The quantitative estimate of drug-likeness (QED) is 0.167. The van der Waals surface area contributed by atoms with Gasteiger partial charge >= 0.3 is 5.97 Å². The number of aliphatic hydroxyl groups excluding tert-OH is 4. The first-order chi connectivity index (χ1) is 12.8. The first kappa shape index (κ1) is 23.7. The van der Waals surface area contributed by atoms with Gasteiger partial charge in [0.1, 0.15) is 30.5 Å². The number of carbonyl (C=O) groups is 2. The topological polar surface area (TPSA) is 158 Å². The molecule has 1 saturated heterocycles. The van der Waals surface area contributed by atoms with E-state index in [9.17, 15) is 24.9 Å². The van der Waals surface area contributed by atoms with Crippen LogP contribution in [0.1, 0.15) is 32.6 Å². The molecular formula is C17H32N2O8. The zero-order chi connectivity index (χ0) is 20.4. The Morgan fingerprint density at radius 1 is 1.07 bits per heavy atom. The molecule has 0 aromatic heterocycles. The van der Waals surface area contributed by atoms with E-state index in [4.69, 9.17) is 9.84 Å². The number of ether oxygens (including phenoxy) is 2. The Morgan fingerprint density at radius 3 is 2.33 bits per heavy atom. The van der Waals surface area contributed by atoms with Gasteiger partial charge < -0.3 is 40.5 Å². The van der Waals surface area contributed by atoms with Crippen molar-refractivity contribution >= 4 is 11.9 Å². The lowest BCUT2D eigenvalue weighted by atomic mass is 9.93. The Morgan fingerprint density at radius 2 is 1.74 bits per heavy atom. The summed E-state index contributed by atoms with van der Waals surface area (Å²) in [6.45, 7) is 2.07. The lowest BCUT2D eigenvalue weighted by Gasteiger charge is -2.40. The highest BCUT2D eigenvalue weighted by Crippen LogP contribution is 2.22. The summed E-state index contributed by atoms with van der Waals surface area (Å²) in [6.07, 6.45) is -3.16. The van der Waals surface area contributed by atoms with Crippen LogP contribution in [0.3, 0.4) is 0 Å². The zero-order valence-electron chi connectivity index (χ0n) is 15.8. The van der Waals surface area contributed by atoms with Crippen molar-refractivity contribution in [2.75, 3.05) is 26.8 Å². The number of aliphatic hydroxyl groups is 4. The molecule has 0 radical (unpaired) electrons. The summed E-state index contributed by atoms with van der Waals surface area (Å²) in [4.78, 5) is 22.7. The average Bonchev–Trinajstić information content (AvgIpc) is 2.65. The molecule has 1 heterocycles. The number of hydrogen-bond donors (Lipinski definition) is 6. The average molecular weight is 392 g/mol. The molecule has 1 aliphatic rings. The standard InChI is InChI=1S/C17H32N2O8/c1-10(21)19-11(17(25)26-2)5-3-4-7-18-8-6-12-14(22)16(24)15(23)13(9-20)27-12/h11-16,18,20,22-24H,3-9H2,1-2H3,(H,19,21)/t11-,12+,13+,14+,15+,16+/m0/s1. The van der Waals surface area contributed by atoms with Gasteiger partial charge in [0.25, 0.3) is 0 Å². The van der Waals surface area contributed by atoms with Crippen LogP contribution in [0.15, 0.2) is 0 Å². The van der Waals surface area contributed by atoms with Crippen molar-refractivity contribution in [2.45, 2.75) is 69.2 Å². The van der Waals surface area contributed by atoms with Crippen LogP contribution in [0, 0.1) is 0 Å². The van der Waals surface area contributed by atoms with Gasteiger partial charge in [-0.05, 0) is 38.8 Å². The van der Waals surface area contributed by atoms with Crippen LogP contribution < -0.4 is 10.6 Å². The molecule has 0 aromatic carbocycles. The minimum Gasteiger partial charge on any atom is -0.467 e. The Balaban J connectivity index is 2.22. The third-order valence-electron chi connectivity index (χ3n) is 4.56. The number of methoxy groups -OCH3 is 1. The fourth-order valence-electron chi connectivity index (χ4n) is 3.02. The van der Waals surface area contributed by atoms with Gasteiger partial charge in [-0.2, -0.15) is 0 Å². The summed E-state index contributed by atoms with van der Waals surface area (Å²) < 4.78 is 10.1. The summed E-state index contributed by atoms with van der Waals surface area (Å²) in [5.41, 5.74) is 0. The molecule has 6 atom stereocenters. The van der Waals surface area contributed by atoms with E-state index in [0.717, 1.165) is 6.42 Å². The minimum atomic E-state index is -1.36. The Hall–Kier alpha value is -1.30. The van der Waals surface area contributed by atoms with Gasteiger partial charge in [-0.15, -0.1) is 0 Å². The molecule has 1 amide bonds. The molecule has 0 aliphatic carbocycles. The van der Waals surface area contributed by atoms with Gasteiger partial charge in [0.05, 0.1) is 19.8 Å². The van der Waals surface area contributed by atoms with Gasteiger partial charge in [0.2, 0.25) is 5.91 Å². The number of esters is 1. The van der Waals surface area contributed by atoms with E-state index in [1.54, 1.807) is 0 Å². The summed E-state index contributed by atoms with van der Waals surface area (Å²) in [5, 5.41) is 44.3. The predicted molar refractivity (Wildman–Crippen MR) is 94.7 cm³/mol. The van der Waals surface area contributed by atoms with E-state index in [0.29, 0.717) is 32.4 Å². The first-order valence-corrected chi connectivity index (χ1v) is 9.18. The maximum atomic E-state index is 11.6. The Kier molecular flexibility index (Phi) is 10.7. The van der Waals surface area contributed by atoms with Gasteiger partial charge in [0, 0.05) is 6.92 Å². The van der Waals surface area contributed by atoms with Gasteiger partial charge in [-0.25, -0.2) is 4.79 Å². The molecule has 10 nitrogen and oxygen atoms in total. The molecule has 158 valence electrons. The SMILES string of the molecule is COC(=O)[C@H](CCCCNCC[C@H]1O[C@H](CO)[C@@H](O)[C@H](O)[C@@H]1O)NC(C)=O. The third kappa shape index (κ3) is 7.68. The number of rotatable bonds is 11. The monoisotopic (exact) mass is 392 g/mol. The second kappa shape index (κ2) is 12.2. The number of unbranched alkanes of at least 4 members (excludes halogenated alkanes) is 1. The van der Waals surface area contributed by atoms with Crippen LogP contribution in [0.4, 0.5) is 0 Å². The molecule has 6 N–H and O–H groups in total. The maximum Gasteiger partial charge on any atom is 0.328 e. The Labute approximate surface area is 158 Å². The van der Waals surface area contributed by atoms with Gasteiger partial charge in [-0.3, -0.25) is 4.79 Å². The fraction of sp³-hybridized carbons (Fsp3) is 0.882. The normalized spacial score (nSPS) is 29.2. The lowest BCUT2D eigenvalue weighted by molar-refractivity contribution is -0.229. The predicted octanol–water partition coefficient (Wildman–Crippen LogP) is -2.34. The van der Waals surface area contributed by atoms with Crippen LogP contribution in [-0.4, -0.2) is 95.7 Å². The van der Waals surface area contributed by atoms with Crippen molar-refractivity contribution in [3.63, 3.8) is 0 Å². The van der Waals surface area contributed by atoms with E-state index in [1.165, 1.54) is 14.0 Å². The molecule has 1 fully saturated rings. The molecule has 0 saturated carbocycles. The molecule has 27 heavy (non-hydrogen) atoms. The van der Waals surface area contributed by atoms with Crippen LogP contribution in [0.2, 0.25) is 0 Å². The van der Waals surface area contributed by atoms with Crippen molar-refractivity contribution in [2.24, 2.45) is 0 Å². The van der Waals surface area contributed by atoms with E-state index in [1.807, 2.05) is 0 Å². The minimum absolute atomic E-state index is 0.289. The van der Waals surface area contributed by atoms with Crippen LogP contribution in [-0.2, 0) is 19.1 Å². The largest absolute Gasteiger partial charge is 0.467 e. The highest BCUT2D eigenvalue weighted by Gasteiger charge is 2.42. The molecule has 0 bridgehead atoms. The molecule has 0 aromatic rings. The van der Waals surface area contributed by atoms with Crippen molar-refractivity contribution in [3.05, 3.63) is 0 Å². The van der Waals surface area contributed by atoms with E-state index >= 15 is 0 Å². The van der Waals surface area contributed by atoms with Crippen molar-refractivity contribution in [1.82, 2.24) is 10.6 Å². The van der Waals surface area contributed by atoms with Gasteiger partial charge in [-0.1, -0.05) is 0 Å². The smallest absolute Gasteiger partial charge is 0.328 e. The third-order valence-corrected chi connectivity index (χ3v) is 4.56. The van der Waals surface area contributed by atoms with E-state index in [-0.39, 0.29) is 5.91 Å². The number of amides is 1. The lowest BCUT2D eigenvalue weighted by Crippen LogP contribution is -2.58. The molecule has 0 spiro atoms. The van der Waals surface area contributed by atoms with Crippen LogP contribution in [0.5, 0.6) is 0 Å².